The lowest BCUT2D eigenvalue weighted by Gasteiger charge is -2.10. The van der Waals surface area contributed by atoms with Gasteiger partial charge < -0.3 is 9.47 Å². The molecule has 0 unspecified atom stereocenters. The monoisotopic (exact) mass is 339 g/mol. The van der Waals surface area contributed by atoms with Crippen LogP contribution >= 0.6 is 11.6 Å². The van der Waals surface area contributed by atoms with Crippen molar-refractivity contribution in [3.63, 3.8) is 0 Å². The molecule has 0 aromatic heterocycles. The number of carbonyl (C=O) groups is 1. The van der Waals surface area contributed by atoms with Crippen LogP contribution in [-0.4, -0.2) is 18.0 Å². The highest BCUT2D eigenvalue weighted by Crippen LogP contribution is 2.26. The number of halogens is 2. The molecule has 6 nitrogen and oxygen atoms in total. The van der Waals surface area contributed by atoms with Gasteiger partial charge in [-0.15, -0.1) is 0 Å². The lowest BCUT2D eigenvalue weighted by Crippen LogP contribution is -2.09. The van der Waals surface area contributed by atoms with Crippen LogP contribution in [0.25, 0.3) is 0 Å². The number of nitro groups is 1. The number of esters is 1. The van der Waals surface area contributed by atoms with Gasteiger partial charge in [-0.05, 0) is 18.2 Å². The van der Waals surface area contributed by atoms with Crippen molar-refractivity contribution in [2.45, 2.75) is 6.61 Å². The summed E-state index contributed by atoms with van der Waals surface area (Å²) in [5, 5.41) is 10.9. The van der Waals surface area contributed by atoms with Gasteiger partial charge in [0.25, 0.3) is 5.69 Å². The number of benzene rings is 2. The van der Waals surface area contributed by atoms with Gasteiger partial charge in [-0.2, -0.15) is 0 Å². The molecule has 0 amide bonds. The van der Waals surface area contributed by atoms with Crippen molar-refractivity contribution in [1.29, 1.82) is 0 Å². The second-order valence-corrected chi connectivity index (χ2v) is 4.83. The molecule has 0 saturated heterocycles. The minimum absolute atomic E-state index is 0.0203. The van der Waals surface area contributed by atoms with E-state index in [1.165, 1.54) is 37.4 Å². The molecule has 0 aliphatic rings. The zero-order chi connectivity index (χ0) is 17.0. The fraction of sp³-hybridized carbons (Fsp3) is 0.133. The van der Waals surface area contributed by atoms with Gasteiger partial charge in [0.1, 0.15) is 23.7 Å². The van der Waals surface area contributed by atoms with Crippen molar-refractivity contribution in [2.75, 3.05) is 7.11 Å². The summed E-state index contributed by atoms with van der Waals surface area (Å²) in [6.07, 6.45) is 0. The van der Waals surface area contributed by atoms with Gasteiger partial charge >= 0.3 is 5.97 Å². The molecule has 0 spiro atoms. The van der Waals surface area contributed by atoms with Crippen LogP contribution < -0.4 is 4.74 Å². The molecule has 23 heavy (non-hydrogen) atoms. The normalized spacial score (nSPS) is 10.2. The lowest BCUT2D eigenvalue weighted by atomic mass is 10.1. The Bertz CT molecular complexity index is 745. The van der Waals surface area contributed by atoms with E-state index in [1.54, 1.807) is 0 Å². The molecule has 0 N–H and O–H groups in total. The molecular formula is C15H11ClFNO5. The van der Waals surface area contributed by atoms with Crippen molar-refractivity contribution in [2.24, 2.45) is 0 Å². The van der Waals surface area contributed by atoms with Crippen molar-refractivity contribution >= 4 is 23.3 Å². The Labute approximate surface area is 135 Å². The third-order valence-corrected chi connectivity index (χ3v) is 3.38. The predicted octanol–water partition coefficient (Wildman–Crippen LogP) is 3.75. The third kappa shape index (κ3) is 3.75. The Morgan fingerprint density at radius 1 is 1.35 bits per heavy atom. The minimum atomic E-state index is -0.884. The van der Waals surface area contributed by atoms with E-state index < -0.39 is 23.3 Å². The summed E-state index contributed by atoms with van der Waals surface area (Å²) in [6.45, 7) is -0.407. The van der Waals surface area contributed by atoms with Crippen molar-refractivity contribution in [3.05, 3.63) is 68.5 Å². The Kier molecular flexibility index (Phi) is 5.13. The van der Waals surface area contributed by atoms with Gasteiger partial charge in [0, 0.05) is 17.7 Å². The van der Waals surface area contributed by atoms with Crippen LogP contribution in [0.5, 0.6) is 5.75 Å². The Balaban J connectivity index is 2.23. The Morgan fingerprint density at radius 2 is 2.09 bits per heavy atom. The van der Waals surface area contributed by atoms with Crippen LogP contribution in [0.1, 0.15) is 15.9 Å². The van der Waals surface area contributed by atoms with E-state index in [1.807, 2.05) is 0 Å². The summed E-state index contributed by atoms with van der Waals surface area (Å²) >= 11 is 5.84. The lowest BCUT2D eigenvalue weighted by molar-refractivity contribution is -0.384. The number of rotatable bonds is 5. The molecule has 2 rings (SSSR count). The first-order valence-electron chi connectivity index (χ1n) is 6.36. The van der Waals surface area contributed by atoms with E-state index in [2.05, 4.69) is 0 Å². The fourth-order valence-corrected chi connectivity index (χ4v) is 2.07. The first kappa shape index (κ1) is 16.7. The highest BCUT2D eigenvalue weighted by Gasteiger charge is 2.19. The number of methoxy groups -OCH3 is 1. The smallest absolute Gasteiger partial charge is 0.342 e. The van der Waals surface area contributed by atoms with Crippen LogP contribution in [0, 0.1) is 15.9 Å². The molecule has 0 bridgehead atoms. The maximum Gasteiger partial charge on any atom is 0.342 e. The highest BCUT2D eigenvalue weighted by molar-refractivity contribution is 6.31. The summed E-state index contributed by atoms with van der Waals surface area (Å²) in [4.78, 5) is 22.2. The number of non-ortho nitro benzene ring substituents is 1. The van der Waals surface area contributed by atoms with Gasteiger partial charge in [-0.3, -0.25) is 10.1 Å². The molecule has 0 heterocycles. The van der Waals surface area contributed by atoms with E-state index >= 15 is 0 Å². The van der Waals surface area contributed by atoms with Crippen LogP contribution in [-0.2, 0) is 11.3 Å². The number of nitro benzene ring substituents is 1. The van der Waals surface area contributed by atoms with Gasteiger partial charge in [0.15, 0.2) is 0 Å². The van der Waals surface area contributed by atoms with Gasteiger partial charge in [-0.25, -0.2) is 9.18 Å². The highest BCUT2D eigenvalue weighted by atomic mass is 35.5. The number of nitrogens with zero attached hydrogens (tertiary/aromatic N) is 1. The molecule has 0 atom stereocenters. The summed E-state index contributed by atoms with van der Waals surface area (Å²) < 4.78 is 23.6. The molecular weight excluding hydrogens is 329 g/mol. The minimum Gasteiger partial charge on any atom is -0.496 e. The molecule has 8 heteroatoms. The molecule has 0 aliphatic carbocycles. The second-order valence-electron chi connectivity index (χ2n) is 4.42. The SMILES string of the molecule is COc1ccc([N+](=O)[O-])cc1C(=O)OCc1c(F)cccc1Cl. The summed E-state index contributed by atoms with van der Waals surface area (Å²) in [7, 11) is 1.31. The Morgan fingerprint density at radius 3 is 2.70 bits per heavy atom. The molecule has 0 fully saturated rings. The molecule has 0 saturated carbocycles. The average molecular weight is 340 g/mol. The van der Waals surface area contributed by atoms with E-state index in [0.29, 0.717) is 0 Å². The van der Waals surface area contributed by atoms with E-state index in [9.17, 15) is 19.3 Å². The summed E-state index contributed by atoms with van der Waals surface area (Å²) in [6, 6.07) is 7.58. The van der Waals surface area contributed by atoms with Crippen molar-refractivity contribution in [3.8, 4) is 5.75 Å². The molecule has 2 aromatic rings. The molecule has 120 valence electrons. The zero-order valence-electron chi connectivity index (χ0n) is 11.9. The number of carbonyl (C=O) groups excluding carboxylic acids is 1. The van der Waals surface area contributed by atoms with Gasteiger partial charge in [0.05, 0.1) is 17.1 Å². The Hall–Kier alpha value is -2.67. The number of hydrogen-bond donors (Lipinski definition) is 0. The molecule has 0 aliphatic heterocycles. The van der Waals surface area contributed by atoms with Crippen LogP contribution in [0.2, 0.25) is 5.02 Å². The zero-order valence-corrected chi connectivity index (χ0v) is 12.7. The third-order valence-electron chi connectivity index (χ3n) is 3.02. The summed E-state index contributed by atoms with van der Waals surface area (Å²) in [5.41, 5.74) is -0.400. The molecule has 0 radical (unpaired) electrons. The van der Waals surface area contributed by atoms with Crippen molar-refractivity contribution in [1.82, 2.24) is 0 Å². The largest absolute Gasteiger partial charge is 0.496 e. The quantitative estimate of drug-likeness (QED) is 0.471. The average Bonchev–Trinajstić information content (AvgIpc) is 2.53. The second kappa shape index (κ2) is 7.06. The van der Waals surface area contributed by atoms with E-state index in [4.69, 9.17) is 21.1 Å². The van der Waals surface area contributed by atoms with Gasteiger partial charge in [-0.1, -0.05) is 17.7 Å². The topological polar surface area (TPSA) is 78.7 Å². The van der Waals surface area contributed by atoms with E-state index in [-0.39, 0.29) is 27.6 Å². The van der Waals surface area contributed by atoms with Crippen LogP contribution in [0.3, 0.4) is 0 Å². The first-order valence-corrected chi connectivity index (χ1v) is 6.74. The standard InChI is InChI=1S/C15H11ClFNO5/c1-22-14-6-5-9(18(20)21)7-10(14)15(19)23-8-11-12(16)3-2-4-13(11)17/h2-7H,8H2,1H3. The predicted molar refractivity (Wildman–Crippen MR) is 80.2 cm³/mol. The summed E-state index contributed by atoms with van der Waals surface area (Å²) in [5.74, 6) is -1.39. The molecule has 2 aromatic carbocycles. The first-order chi connectivity index (χ1) is 10.9. The number of ether oxygens (including phenoxy) is 2. The maximum atomic E-state index is 13.6. The van der Waals surface area contributed by atoms with E-state index in [0.717, 1.165) is 6.07 Å². The fourth-order valence-electron chi connectivity index (χ4n) is 1.85. The van der Waals surface area contributed by atoms with Crippen LogP contribution in [0.4, 0.5) is 10.1 Å². The maximum absolute atomic E-state index is 13.6. The van der Waals surface area contributed by atoms with Crippen LogP contribution in [0.15, 0.2) is 36.4 Å². The van der Waals surface area contributed by atoms with Crippen molar-refractivity contribution < 1.29 is 23.6 Å². The number of hydrogen-bond acceptors (Lipinski definition) is 5. The van der Waals surface area contributed by atoms with Gasteiger partial charge in [0.2, 0.25) is 0 Å².